The Labute approximate surface area is 197 Å². The van der Waals surface area contributed by atoms with Crippen LogP contribution in [0.1, 0.15) is 87.5 Å². The average molecular weight is 471 g/mol. The molecule has 1 fully saturated rings. The average Bonchev–Trinajstić information content (AvgIpc) is 3.58. The number of carboxylic acid groups (broad SMARTS) is 1. The van der Waals surface area contributed by atoms with Gasteiger partial charge in [-0.25, -0.2) is 9.18 Å². The highest BCUT2D eigenvalue weighted by Gasteiger charge is 2.33. The summed E-state index contributed by atoms with van der Waals surface area (Å²) in [5, 5.41) is 13.1. The van der Waals surface area contributed by atoms with Gasteiger partial charge in [0, 0.05) is 29.8 Å². The fourth-order valence-electron chi connectivity index (χ4n) is 4.71. The SMILES string of the molecule is CCc1c(C(=O)O)c(=O)c2cc(F)c3c(c2n1C1CC1)C=CC[C@H](CCC(=O)OC(C)(C)C)N3. The maximum absolute atomic E-state index is 15.3. The summed E-state index contributed by atoms with van der Waals surface area (Å²) in [6.07, 6.45) is 7.09. The smallest absolute Gasteiger partial charge is 0.341 e. The van der Waals surface area contributed by atoms with Crippen molar-refractivity contribution in [3.63, 3.8) is 0 Å². The highest BCUT2D eigenvalue weighted by molar-refractivity contribution is 5.99. The van der Waals surface area contributed by atoms with Crippen LogP contribution in [-0.4, -0.2) is 33.3 Å². The predicted molar refractivity (Wildman–Crippen MR) is 129 cm³/mol. The molecule has 182 valence electrons. The van der Waals surface area contributed by atoms with Crippen molar-refractivity contribution >= 4 is 34.6 Å². The van der Waals surface area contributed by atoms with Crippen LogP contribution < -0.4 is 10.7 Å². The number of carboxylic acids is 1. The third-order valence-corrected chi connectivity index (χ3v) is 6.21. The van der Waals surface area contributed by atoms with E-state index in [-0.39, 0.29) is 41.1 Å². The first kappa shape index (κ1) is 24.0. The van der Waals surface area contributed by atoms with Crippen molar-refractivity contribution in [3.05, 3.63) is 45.0 Å². The van der Waals surface area contributed by atoms with Gasteiger partial charge in [-0.3, -0.25) is 9.59 Å². The van der Waals surface area contributed by atoms with Crippen molar-refractivity contribution in [1.29, 1.82) is 0 Å². The van der Waals surface area contributed by atoms with Crippen LogP contribution in [0.5, 0.6) is 0 Å². The van der Waals surface area contributed by atoms with Gasteiger partial charge in [0.2, 0.25) is 5.43 Å². The van der Waals surface area contributed by atoms with Crippen LogP contribution in [0, 0.1) is 5.82 Å². The van der Waals surface area contributed by atoms with Gasteiger partial charge in [0.15, 0.2) is 0 Å². The molecule has 0 amide bonds. The van der Waals surface area contributed by atoms with Gasteiger partial charge in [0.25, 0.3) is 0 Å². The van der Waals surface area contributed by atoms with Crippen molar-refractivity contribution < 1.29 is 23.8 Å². The summed E-state index contributed by atoms with van der Waals surface area (Å²) in [6, 6.07) is 1.05. The van der Waals surface area contributed by atoms with Gasteiger partial charge < -0.3 is 19.7 Å². The number of hydrogen-bond donors (Lipinski definition) is 2. The molecule has 0 spiro atoms. The summed E-state index contributed by atoms with van der Waals surface area (Å²) >= 11 is 0. The second-order valence-corrected chi connectivity index (χ2v) is 10.1. The Bertz CT molecular complexity index is 1250. The van der Waals surface area contributed by atoms with Crippen LogP contribution >= 0.6 is 0 Å². The van der Waals surface area contributed by atoms with Crippen LogP contribution in [0.2, 0.25) is 0 Å². The number of anilines is 1. The summed E-state index contributed by atoms with van der Waals surface area (Å²) < 4.78 is 22.7. The van der Waals surface area contributed by atoms with E-state index < -0.39 is 22.8 Å². The maximum Gasteiger partial charge on any atom is 0.341 e. The number of nitrogens with zero attached hydrogens (tertiary/aromatic N) is 1. The largest absolute Gasteiger partial charge is 0.477 e. The van der Waals surface area contributed by atoms with E-state index in [1.54, 1.807) is 6.08 Å². The third kappa shape index (κ3) is 4.58. The highest BCUT2D eigenvalue weighted by Crippen LogP contribution is 2.42. The number of aromatic carboxylic acids is 1. The maximum atomic E-state index is 15.3. The van der Waals surface area contributed by atoms with Crippen molar-refractivity contribution in [1.82, 2.24) is 4.57 Å². The van der Waals surface area contributed by atoms with Crippen LogP contribution in [0.4, 0.5) is 10.1 Å². The molecule has 1 atom stereocenters. The molecule has 1 aliphatic carbocycles. The number of fused-ring (bicyclic) bond motifs is 3. The standard InChI is InChI=1S/C26H31FN2O5/c1-5-19-21(25(32)33)24(31)17-13-18(27)22-16(23(17)29(19)15-10-11-15)8-6-7-14(28-22)9-12-20(30)34-26(2,3)4/h6,8,13-15,28H,5,7,9-12H2,1-4H3,(H,32,33)/t14-/m1/s1. The molecule has 7 nitrogen and oxygen atoms in total. The van der Waals surface area contributed by atoms with Gasteiger partial charge in [0.1, 0.15) is 17.0 Å². The second kappa shape index (κ2) is 8.89. The van der Waals surface area contributed by atoms with E-state index in [0.29, 0.717) is 36.0 Å². The van der Waals surface area contributed by atoms with Crippen LogP contribution in [0.25, 0.3) is 17.0 Å². The number of ether oxygens (including phenoxy) is 1. The van der Waals surface area contributed by atoms with Crippen LogP contribution in [-0.2, 0) is 16.0 Å². The van der Waals surface area contributed by atoms with E-state index in [4.69, 9.17) is 4.74 Å². The number of carbonyl (C=O) groups is 2. The summed E-state index contributed by atoms with van der Waals surface area (Å²) in [5.74, 6) is -2.21. The Morgan fingerprint density at radius 1 is 1.29 bits per heavy atom. The first-order valence-corrected chi connectivity index (χ1v) is 11.8. The zero-order valence-electron chi connectivity index (χ0n) is 20.0. The van der Waals surface area contributed by atoms with E-state index in [1.165, 1.54) is 0 Å². The fourth-order valence-corrected chi connectivity index (χ4v) is 4.71. The second-order valence-electron chi connectivity index (χ2n) is 10.1. The lowest BCUT2D eigenvalue weighted by Gasteiger charge is -2.23. The van der Waals surface area contributed by atoms with Crippen molar-refractivity contribution in [2.24, 2.45) is 0 Å². The lowest BCUT2D eigenvalue weighted by molar-refractivity contribution is -0.154. The van der Waals surface area contributed by atoms with E-state index in [0.717, 1.165) is 18.9 Å². The van der Waals surface area contributed by atoms with Crippen LogP contribution in [0.3, 0.4) is 0 Å². The Morgan fingerprint density at radius 3 is 2.59 bits per heavy atom. The first-order valence-electron chi connectivity index (χ1n) is 11.8. The Hall–Kier alpha value is -3.16. The highest BCUT2D eigenvalue weighted by atomic mass is 19.1. The topological polar surface area (TPSA) is 97.6 Å². The quantitative estimate of drug-likeness (QED) is 0.573. The molecule has 1 aromatic carbocycles. The molecule has 8 heteroatoms. The van der Waals surface area contributed by atoms with Gasteiger partial charge in [-0.15, -0.1) is 0 Å². The monoisotopic (exact) mass is 470 g/mol. The summed E-state index contributed by atoms with van der Waals surface area (Å²) in [7, 11) is 0. The summed E-state index contributed by atoms with van der Waals surface area (Å²) in [6.45, 7) is 7.27. The zero-order valence-corrected chi connectivity index (χ0v) is 20.0. The Morgan fingerprint density at radius 2 is 2.00 bits per heavy atom. The molecule has 1 aromatic heterocycles. The molecule has 1 saturated carbocycles. The Balaban J connectivity index is 1.79. The van der Waals surface area contributed by atoms with Gasteiger partial charge >= 0.3 is 11.9 Å². The third-order valence-electron chi connectivity index (χ3n) is 6.21. The van der Waals surface area contributed by atoms with Gasteiger partial charge in [-0.2, -0.15) is 0 Å². The van der Waals surface area contributed by atoms with E-state index in [2.05, 4.69) is 5.32 Å². The molecule has 0 bridgehead atoms. The molecule has 0 unspecified atom stereocenters. The number of halogens is 1. The minimum atomic E-state index is -1.29. The summed E-state index contributed by atoms with van der Waals surface area (Å²) in [5.41, 5.74) is 0.366. The minimum absolute atomic E-state index is 0.0800. The number of benzene rings is 1. The summed E-state index contributed by atoms with van der Waals surface area (Å²) in [4.78, 5) is 37.3. The number of nitrogens with one attached hydrogen (secondary N) is 1. The van der Waals surface area contributed by atoms with Crippen molar-refractivity contribution in [2.45, 2.75) is 83.9 Å². The zero-order chi connectivity index (χ0) is 24.8. The fraction of sp³-hybridized carbons (Fsp3) is 0.500. The molecule has 2 aromatic rings. The number of carbonyl (C=O) groups excluding carboxylic acids is 1. The minimum Gasteiger partial charge on any atom is -0.477 e. The van der Waals surface area contributed by atoms with E-state index in [1.807, 2.05) is 38.3 Å². The lowest BCUT2D eigenvalue weighted by Crippen LogP contribution is -2.27. The molecule has 4 rings (SSSR count). The molecule has 2 N–H and O–H groups in total. The van der Waals surface area contributed by atoms with Crippen molar-refractivity contribution in [2.75, 3.05) is 5.32 Å². The van der Waals surface area contributed by atoms with E-state index >= 15 is 4.39 Å². The van der Waals surface area contributed by atoms with Crippen LogP contribution in [0.15, 0.2) is 16.9 Å². The number of esters is 1. The number of pyridine rings is 1. The molecule has 1 aliphatic heterocycles. The first-order chi connectivity index (χ1) is 16.0. The Kier molecular flexibility index (Phi) is 6.27. The lowest BCUT2D eigenvalue weighted by atomic mass is 10.00. The molecule has 2 aliphatic rings. The molecule has 0 radical (unpaired) electrons. The molecular formula is C26H31FN2O5. The van der Waals surface area contributed by atoms with Gasteiger partial charge in [-0.1, -0.05) is 19.1 Å². The molecular weight excluding hydrogens is 439 g/mol. The number of rotatable bonds is 6. The number of hydrogen-bond acceptors (Lipinski definition) is 5. The van der Waals surface area contributed by atoms with Crippen molar-refractivity contribution in [3.8, 4) is 0 Å². The van der Waals surface area contributed by atoms with Gasteiger partial charge in [0.05, 0.1) is 16.6 Å². The normalized spacial score (nSPS) is 17.7. The number of aromatic nitrogens is 1. The predicted octanol–water partition coefficient (Wildman–Crippen LogP) is 5.06. The molecule has 2 heterocycles. The molecule has 34 heavy (non-hydrogen) atoms. The van der Waals surface area contributed by atoms with Gasteiger partial charge in [-0.05, 0) is 58.9 Å². The van der Waals surface area contributed by atoms with E-state index in [9.17, 15) is 19.5 Å². The molecule has 0 saturated heterocycles.